The summed E-state index contributed by atoms with van der Waals surface area (Å²) in [5, 5.41) is 0.662. The Bertz CT molecular complexity index is 511. The van der Waals surface area contributed by atoms with Gasteiger partial charge in [0.15, 0.2) is 5.75 Å². The molecule has 2 aromatic rings. The summed E-state index contributed by atoms with van der Waals surface area (Å²) in [5.74, 6) is 0.704. The highest BCUT2D eigenvalue weighted by Gasteiger charge is 2.09. The number of benzene rings is 2. The van der Waals surface area contributed by atoms with Crippen molar-refractivity contribution in [1.29, 1.82) is 0 Å². The van der Waals surface area contributed by atoms with Gasteiger partial charge >= 0.3 is 0 Å². The smallest absolute Gasteiger partial charge is 0.152 e. The van der Waals surface area contributed by atoms with E-state index in [9.17, 15) is 0 Å². The van der Waals surface area contributed by atoms with E-state index >= 15 is 0 Å². The maximum atomic E-state index is 6.21. The number of halogens is 2. The lowest BCUT2D eigenvalue weighted by atomic mass is 10.2. The molecule has 0 N–H and O–H groups in total. The summed E-state index contributed by atoms with van der Waals surface area (Å²) in [6.07, 6.45) is 0. The number of hydrogen-bond acceptors (Lipinski definition) is 1. The van der Waals surface area contributed by atoms with E-state index in [-0.39, 0.29) is 0 Å². The second-order valence-corrected chi connectivity index (χ2v) is 5.01. The lowest BCUT2D eigenvalue weighted by Crippen LogP contribution is -1.97. The quantitative estimate of drug-likeness (QED) is 0.776. The molecule has 0 radical (unpaired) electrons. The SMILES string of the molecule is Cc1ccc(Br)c(OCc2ccccc2)c1Cl. The molecule has 0 aromatic heterocycles. The molecule has 1 nitrogen and oxygen atoms in total. The molecule has 2 rings (SSSR count). The van der Waals surface area contributed by atoms with Crippen molar-refractivity contribution in [3.8, 4) is 5.75 Å². The maximum absolute atomic E-state index is 6.21. The molecule has 0 heterocycles. The third kappa shape index (κ3) is 3.02. The molecule has 17 heavy (non-hydrogen) atoms. The summed E-state index contributed by atoms with van der Waals surface area (Å²) >= 11 is 9.66. The van der Waals surface area contributed by atoms with Gasteiger partial charge in [-0.3, -0.25) is 0 Å². The molecule has 0 unspecified atom stereocenters. The van der Waals surface area contributed by atoms with Crippen molar-refractivity contribution in [3.63, 3.8) is 0 Å². The monoisotopic (exact) mass is 310 g/mol. The molecule has 0 saturated heterocycles. The zero-order valence-corrected chi connectivity index (χ0v) is 11.8. The molecular formula is C14H12BrClO. The van der Waals surface area contributed by atoms with E-state index in [1.807, 2.05) is 49.4 Å². The summed E-state index contributed by atoms with van der Waals surface area (Å²) in [6, 6.07) is 13.9. The second kappa shape index (κ2) is 5.56. The van der Waals surface area contributed by atoms with E-state index in [0.29, 0.717) is 17.4 Å². The Morgan fingerprint density at radius 2 is 1.82 bits per heavy atom. The van der Waals surface area contributed by atoms with Crippen LogP contribution in [-0.4, -0.2) is 0 Å². The van der Waals surface area contributed by atoms with Gasteiger partial charge in [-0.1, -0.05) is 48.0 Å². The van der Waals surface area contributed by atoms with E-state index in [4.69, 9.17) is 16.3 Å². The molecule has 88 valence electrons. The Morgan fingerprint density at radius 1 is 1.12 bits per heavy atom. The molecule has 3 heteroatoms. The first kappa shape index (κ1) is 12.5. The maximum Gasteiger partial charge on any atom is 0.152 e. The van der Waals surface area contributed by atoms with Gasteiger partial charge in [0.1, 0.15) is 6.61 Å². The first-order chi connectivity index (χ1) is 8.18. The van der Waals surface area contributed by atoms with E-state index in [1.165, 1.54) is 0 Å². The average molecular weight is 312 g/mol. The molecule has 0 spiro atoms. The summed E-state index contributed by atoms with van der Waals surface area (Å²) in [4.78, 5) is 0. The molecule has 0 saturated carbocycles. The van der Waals surface area contributed by atoms with E-state index < -0.39 is 0 Å². The predicted octanol–water partition coefficient (Wildman–Crippen LogP) is 4.99. The van der Waals surface area contributed by atoms with Crippen molar-refractivity contribution in [1.82, 2.24) is 0 Å². The molecule has 0 fully saturated rings. The minimum atomic E-state index is 0.516. The van der Waals surface area contributed by atoms with Crippen LogP contribution in [0.15, 0.2) is 46.9 Å². The zero-order valence-electron chi connectivity index (χ0n) is 9.41. The van der Waals surface area contributed by atoms with Gasteiger partial charge in [0.25, 0.3) is 0 Å². The van der Waals surface area contributed by atoms with Crippen LogP contribution < -0.4 is 4.74 Å². The molecule has 0 atom stereocenters. The Hall–Kier alpha value is -0.990. The molecule has 2 aromatic carbocycles. The summed E-state index contributed by atoms with van der Waals surface area (Å²) in [7, 11) is 0. The standard InChI is InChI=1S/C14H12BrClO/c1-10-7-8-12(15)14(13(10)16)17-9-11-5-3-2-4-6-11/h2-8H,9H2,1H3. The molecule has 0 aliphatic heterocycles. The van der Waals surface area contributed by atoms with Crippen molar-refractivity contribution in [2.24, 2.45) is 0 Å². The van der Waals surface area contributed by atoms with Gasteiger partial charge in [0.2, 0.25) is 0 Å². The zero-order chi connectivity index (χ0) is 12.3. The lowest BCUT2D eigenvalue weighted by molar-refractivity contribution is 0.304. The average Bonchev–Trinajstić information content (AvgIpc) is 2.35. The highest BCUT2D eigenvalue weighted by atomic mass is 79.9. The normalized spacial score (nSPS) is 10.3. The van der Waals surface area contributed by atoms with Gasteiger partial charge in [-0.25, -0.2) is 0 Å². The van der Waals surface area contributed by atoms with Gasteiger partial charge < -0.3 is 4.74 Å². The fraction of sp³-hybridized carbons (Fsp3) is 0.143. The summed E-state index contributed by atoms with van der Waals surface area (Å²) in [6.45, 7) is 2.48. The Balaban J connectivity index is 2.17. The number of hydrogen-bond donors (Lipinski definition) is 0. The second-order valence-electron chi connectivity index (χ2n) is 3.78. The van der Waals surface area contributed by atoms with Crippen LogP contribution in [0.25, 0.3) is 0 Å². The number of aryl methyl sites for hydroxylation is 1. The number of ether oxygens (including phenoxy) is 1. The third-order valence-electron chi connectivity index (χ3n) is 2.47. The first-order valence-electron chi connectivity index (χ1n) is 5.30. The lowest BCUT2D eigenvalue weighted by Gasteiger charge is -2.11. The molecule has 0 aliphatic carbocycles. The minimum absolute atomic E-state index is 0.516. The van der Waals surface area contributed by atoms with Gasteiger partial charge in [-0.15, -0.1) is 0 Å². The van der Waals surface area contributed by atoms with Crippen molar-refractivity contribution < 1.29 is 4.74 Å². The Labute approximate surface area is 115 Å². The molecular weight excluding hydrogens is 300 g/mol. The van der Waals surface area contributed by atoms with Gasteiger partial charge in [0.05, 0.1) is 9.50 Å². The van der Waals surface area contributed by atoms with Crippen molar-refractivity contribution >= 4 is 27.5 Å². The van der Waals surface area contributed by atoms with Crippen LogP contribution in [0.1, 0.15) is 11.1 Å². The van der Waals surface area contributed by atoms with Crippen LogP contribution in [0.5, 0.6) is 5.75 Å². The summed E-state index contributed by atoms with van der Waals surface area (Å²) < 4.78 is 6.63. The van der Waals surface area contributed by atoms with Crippen LogP contribution in [0.2, 0.25) is 5.02 Å². The van der Waals surface area contributed by atoms with Crippen molar-refractivity contribution in [3.05, 3.63) is 63.1 Å². The Morgan fingerprint density at radius 3 is 2.53 bits per heavy atom. The van der Waals surface area contributed by atoms with Crippen molar-refractivity contribution in [2.45, 2.75) is 13.5 Å². The molecule has 0 aliphatic rings. The van der Waals surface area contributed by atoms with Crippen LogP contribution >= 0.6 is 27.5 Å². The minimum Gasteiger partial charge on any atom is -0.486 e. The van der Waals surface area contributed by atoms with Gasteiger partial charge in [0, 0.05) is 0 Å². The van der Waals surface area contributed by atoms with E-state index in [2.05, 4.69) is 15.9 Å². The topological polar surface area (TPSA) is 9.23 Å². The predicted molar refractivity (Wildman–Crippen MR) is 74.7 cm³/mol. The summed E-state index contributed by atoms with van der Waals surface area (Å²) in [5.41, 5.74) is 2.13. The molecule has 0 amide bonds. The fourth-order valence-corrected chi connectivity index (χ4v) is 2.27. The van der Waals surface area contributed by atoms with Crippen LogP contribution in [-0.2, 0) is 6.61 Å². The van der Waals surface area contributed by atoms with Gasteiger partial charge in [-0.05, 0) is 40.0 Å². The van der Waals surface area contributed by atoms with E-state index in [0.717, 1.165) is 15.6 Å². The van der Waals surface area contributed by atoms with E-state index in [1.54, 1.807) is 0 Å². The molecule has 0 bridgehead atoms. The highest BCUT2D eigenvalue weighted by molar-refractivity contribution is 9.10. The largest absolute Gasteiger partial charge is 0.486 e. The van der Waals surface area contributed by atoms with Crippen LogP contribution in [0.3, 0.4) is 0 Å². The first-order valence-corrected chi connectivity index (χ1v) is 6.47. The van der Waals surface area contributed by atoms with Crippen LogP contribution in [0, 0.1) is 6.92 Å². The number of rotatable bonds is 3. The highest BCUT2D eigenvalue weighted by Crippen LogP contribution is 2.35. The third-order valence-corrected chi connectivity index (χ3v) is 3.56. The fourth-order valence-electron chi connectivity index (χ4n) is 1.49. The van der Waals surface area contributed by atoms with Crippen molar-refractivity contribution in [2.75, 3.05) is 0 Å². The van der Waals surface area contributed by atoms with Crippen LogP contribution in [0.4, 0.5) is 0 Å². The Kier molecular flexibility index (Phi) is 4.08. The van der Waals surface area contributed by atoms with Gasteiger partial charge in [-0.2, -0.15) is 0 Å².